The lowest BCUT2D eigenvalue weighted by molar-refractivity contribution is -0.191. The van der Waals surface area contributed by atoms with Crippen molar-refractivity contribution in [1.82, 2.24) is 30.6 Å². The number of nitrogens with two attached hydrogens (primary N) is 1. The molecule has 384 valence electrons. The number of carbonyl (C=O) groups is 4. The normalized spacial score (nSPS) is 11.2. The average Bonchev–Trinajstić information content (AvgIpc) is 3.37. The molecular formula is C51H51N9O13S. The number of rotatable bonds is 25. The summed E-state index contributed by atoms with van der Waals surface area (Å²) in [6.45, 7) is 1.82. The molecule has 0 saturated carbocycles. The number of aliphatic carboxylic acids is 1. The summed E-state index contributed by atoms with van der Waals surface area (Å²) < 4.78 is 17.0. The van der Waals surface area contributed by atoms with Crippen LogP contribution in [0.1, 0.15) is 61.0 Å². The van der Waals surface area contributed by atoms with Crippen molar-refractivity contribution >= 4 is 86.4 Å². The van der Waals surface area contributed by atoms with Crippen molar-refractivity contribution in [2.45, 2.75) is 57.5 Å². The van der Waals surface area contributed by atoms with Gasteiger partial charge < -0.3 is 51.1 Å². The van der Waals surface area contributed by atoms with Crippen LogP contribution in [0.3, 0.4) is 0 Å². The number of carboxylic acid groups (broad SMARTS) is 1. The fourth-order valence-electron chi connectivity index (χ4n) is 7.48. The lowest BCUT2D eigenvalue weighted by atomic mass is 9.93. The average molecular weight is 1030 g/mol. The summed E-state index contributed by atoms with van der Waals surface area (Å²) >= 11 is 5.46. The molecular weight excluding hydrogens is 979 g/mol. The molecule has 23 heteroatoms. The van der Waals surface area contributed by atoms with E-state index in [1.54, 1.807) is 30.3 Å². The number of benzene rings is 4. The molecule has 5 aromatic rings. The molecule has 2 aliphatic rings. The molecule has 0 bridgehead atoms. The van der Waals surface area contributed by atoms with Crippen molar-refractivity contribution in [2.24, 2.45) is 0 Å². The fraction of sp³-hybridized carbons (Fsp3) is 0.275. The van der Waals surface area contributed by atoms with Gasteiger partial charge in [0.15, 0.2) is 21.7 Å². The Labute approximate surface area is 426 Å². The van der Waals surface area contributed by atoms with Gasteiger partial charge in [0.05, 0.1) is 38.3 Å². The highest BCUT2D eigenvalue weighted by molar-refractivity contribution is 7.80. The lowest BCUT2D eigenvalue weighted by Gasteiger charge is -2.16. The van der Waals surface area contributed by atoms with Crippen molar-refractivity contribution in [2.75, 3.05) is 49.3 Å². The SMILES string of the molecule is Nc1nc2ncc(CNc3ccc(C(=O)N[C@@H](CCC(=O)CCCOCCOCCC(=O)CCCNC(=S)Nc4ccc(-c5c6ccc(=O)cc-6oc6cc(O)ccc56)cc4)C(=O)O)cc3)nc2c(=O)[nH]1.O=C=O. The zero-order chi connectivity index (χ0) is 53.0. The Morgan fingerprint density at radius 3 is 2.27 bits per heavy atom. The van der Waals surface area contributed by atoms with Gasteiger partial charge in [0.1, 0.15) is 34.7 Å². The minimum absolute atomic E-state index is 0.0378. The third kappa shape index (κ3) is 16.1. The van der Waals surface area contributed by atoms with Crippen LogP contribution in [0, 0.1) is 0 Å². The van der Waals surface area contributed by atoms with Crippen LogP contribution in [0.25, 0.3) is 44.6 Å². The van der Waals surface area contributed by atoms with Gasteiger partial charge in [-0.15, -0.1) is 0 Å². The highest BCUT2D eigenvalue weighted by Gasteiger charge is 2.22. The van der Waals surface area contributed by atoms with E-state index in [2.05, 4.69) is 41.2 Å². The molecule has 0 radical (unpaired) electrons. The summed E-state index contributed by atoms with van der Waals surface area (Å²) in [5.41, 5.74) is 10.1. The number of phenolic OH excluding ortho intramolecular Hbond substituents is 1. The topological polar surface area (TPSA) is 337 Å². The van der Waals surface area contributed by atoms with Crippen molar-refractivity contribution in [3.63, 3.8) is 0 Å². The molecule has 0 unspecified atom stereocenters. The number of aromatic hydroxyl groups is 1. The third-order valence-electron chi connectivity index (χ3n) is 11.1. The highest BCUT2D eigenvalue weighted by atomic mass is 32.1. The largest absolute Gasteiger partial charge is 0.508 e. The zero-order valence-electron chi connectivity index (χ0n) is 39.6. The Hall–Kier alpha value is -8.76. The van der Waals surface area contributed by atoms with Crippen molar-refractivity contribution in [1.29, 1.82) is 0 Å². The van der Waals surface area contributed by atoms with Gasteiger partial charge in [-0.25, -0.2) is 14.8 Å². The summed E-state index contributed by atoms with van der Waals surface area (Å²) in [5, 5.41) is 32.8. The number of nitrogen functional groups attached to an aromatic ring is 1. The zero-order valence-corrected chi connectivity index (χ0v) is 40.5. The third-order valence-corrected chi connectivity index (χ3v) is 11.3. The number of H-pyrrole nitrogens is 1. The summed E-state index contributed by atoms with van der Waals surface area (Å²) in [5.74, 6) is -1.56. The Kier molecular flexibility index (Phi) is 20.0. The molecule has 1 aliphatic heterocycles. The van der Waals surface area contributed by atoms with E-state index in [0.717, 1.165) is 27.8 Å². The molecule has 0 spiro atoms. The second kappa shape index (κ2) is 27.2. The van der Waals surface area contributed by atoms with Crippen molar-refractivity contribution in [3.05, 3.63) is 123 Å². The van der Waals surface area contributed by atoms with Gasteiger partial charge in [0, 0.05) is 84.4 Å². The number of phenols is 1. The highest BCUT2D eigenvalue weighted by Crippen LogP contribution is 2.40. The van der Waals surface area contributed by atoms with Gasteiger partial charge in [-0.1, -0.05) is 12.1 Å². The number of aromatic amines is 1. The molecule has 74 heavy (non-hydrogen) atoms. The van der Waals surface area contributed by atoms with E-state index >= 15 is 0 Å². The molecule has 9 N–H and O–H groups in total. The van der Waals surface area contributed by atoms with E-state index in [1.165, 1.54) is 36.5 Å². The number of anilines is 3. The lowest BCUT2D eigenvalue weighted by Crippen LogP contribution is -2.41. The fourth-order valence-corrected chi connectivity index (χ4v) is 7.69. The molecule has 3 aromatic carbocycles. The Morgan fingerprint density at radius 2 is 1.53 bits per heavy atom. The number of ether oxygens (including phenoxy) is 2. The molecule has 0 saturated heterocycles. The number of thiocarbonyl (C=S) groups is 1. The van der Waals surface area contributed by atoms with Crippen LogP contribution in [0.2, 0.25) is 0 Å². The first-order valence-corrected chi connectivity index (χ1v) is 23.5. The number of hydrogen-bond donors (Lipinski definition) is 8. The van der Waals surface area contributed by atoms with Crippen LogP contribution in [-0.4, -0.2) is 104 Å². The Bertz CT molecular complexity index is 3230. The number of aromatic nitrogens is 4. The van der Waals surface area contributed by atoms with E-state index in [-0.39, 0.29) is 104 Å². The molecule has 1 amide bonds. The Balaban J connectivity index is 0.00000290. The summed E-state index contributed by atoms with van der Waals surface area (Å²) in [6, 6.07) is 22.2. The van der Waals surface area contributed by atoms with E-state index in [0.29, 0.717) is 60.3 Å². The summed E-state index contributed by atoms with van der Waals surface area (Å²) in [4.78, 5) is 105. The molecule has 0 fully saturated rings. The van der Waals surface area contributed by atoms with Crippen LogP contribution in [-0.2, 0) is 40.0 Å². The van der Waals surface area contributed by atoms with Gasteiger partial charge in [-0.2, -0.15) is 14.6 Å². The maximum Gasteiger partial charge on any atom is 0.373 e. The van der Waals surface area contributed by atoms with Gasteiger partial charge in [0.25, 0.3) is 11.5 Å². The second-order valence-electron chi connectivity index (χ2n) is 16.4. The summed E-state index contributed by atoms with van der Waals surface area (Å²) in [6.07, 6.45) is 3.40. The number of amides is 1. The monoisotopic (exact) mass is 1030 g/mol. The Morgan fingerprint density at radius 1 is 0.824 bits per heavy atom. The van der Waals surface area contributed by atoms with Gasteiger partial charge in [-0.3, -0.25) is 29.0 Å². The number of carboxylic acids is 1. The maximum atomic E-state index is 12.8. The smallest absolute Gasteiger partial charge is 0.373 e. The number of fused-ring (bicyclic) bond motifs is 3. The predicted octanol–water partition coefficient (Wildman–Crippen LogP) is 4.98. The molecule has 3 heterocycles. The van der Waals surface area contributed by atoms with Gasteiger partial charge in [0.2, 0.25) is 5.95 Å². The van der Waals surface area contributed by atoms with Crippen molar-refractivity contribution < 1.29 is 52.9 Å². The molecule has 22 nitrogen and oxygen atoms in total. The van der Waals surface area contributed by atoms with Crippen molar-refractivity contribution in [3.8, 4) is 28.2 Å². The predicted molar refractivity (Wildman–Crippen MR) is 274 cm³/mol. The minimum atomic E-state index is -1.27. The quantitative estimate of drug-likeness (QED) is 0.0213. The summed E-state index contributed by atoms with van der Waals surface area (Å²) in [7, 11) is 0. The molecule has 2 aromatic heterocycles. The number of carbonyl (C=O) groups excluding carboxylic acids is 5. The van der Waals surface area contributed by atoms with E-state index in [4.69, 9.17) is 41.4 Å². The minimum Gasteiger partial charge on any atom is -0.508 e. The first kappa shape index (κ1) is 54.6. The van der Waals surface area contributed by atoms with E-state index in [9.17, 15) is 39.0 Å². The second-order valence-corrected chi connectivity index (χ2v) is 16.8. The standard InChI is InChI=1S/C50H51N9O11S.CO2/c51-49-58-45-44(47(65)59-49)55-33(28-54-45)27-53-31-9-7-30(8-10-31)46(64)57-40(48(66)67)18-15-34(60)4-2-21-68-23-24-69-22-19-35(61)3-1-20-52-50(71)56-32-11-5-29(6-12-32)43-38-16-13-36(62)25-41(38)70-42-26-37(63)14-17-39(42)43;2-1-3/h5-14,16-17,25-26,28,40,53,62H,1-4,15,18-24,27H2,(H,57,64)(H,66,67)(H2,52,56,71)(H3,51,54,58,59,65);/t40-;/m0./s1. The van der Waals surface area contributed by atoms with Crippen LogP contribution in [0.4, 0.5) is 17.3 Å². The molecule has 1 aliphatic carbocycles. The first-order valence-electron chi connectivity index (χ1n) is 23.1. The van der Waals surface area contributed by atoms with Gasteiger partial charge in [-0.05, 0) is 97.7 Å². The van der Waals surface area contributed by atoms with E-state index < -0.39 is 23.5 Å². The number of nitrogens with one attached hydrogen (secondary N) is 5. The molecule has 1 atom stereocenters. The number of nitrogens with zero attached hydrogens (tertiary/aromatic N) is 3. The number of ketones is 2. The number of hydrogen-bond acceptors (Lipinski definition) is 18. The maximum absolute atomic E-state index is 12.8. The van der Waals surface area contributed by atoms with E-state index in [1.807, 2.05) is 24.3 Å². The van der Waals surface area contributed by atoms with Gasteiger partial charge >= 0.3 is 12.1 Å². The van der Waals surface area contributed by atoms with Crippen LogP contribution in [0.15, 0.2) is 105 Å². The van der Waals surface area contributed by atoms with Crippen LogP contribution in [0.5, 0.6) is 5.75 Å². The van der Waals surface area contributed by atoms with Crippen LogP contribution >= 0.6 is 12.2 Å². The van der Waals surface area contributed by atoms with Crippen LogP contribution < -0.4 is 38.0 Å². The first-order chi connectivity index (χ1) is 35.7. The molecule has 7 rings (SSSR count). The number of Topliss-reactive ketones (excluding diaryl/α,β-unsaturated/α-hetero) is 2.